The Morgan fingerprint density at radius 1 is 1.80 bits per heavy atom. The first kappa shape index (κ1) is 6.49. The fourth-order valence-corrected chi connectivity index (χ4v) is 0.643. The molecule has 1 heterocycles. The van der Waals surface area contributed by atoms with E-state index in [2.05, 4.69) is 4.99 Å². The van der Waals surface area contributed by atoms with Gasteiger partial charge < -0.3 is 5.73 Å². The SMILES string of the molecule is N#CC1C(=O)C=CN=C1N. The summed E-state index contributed by atoms with van der Waals surface area (Å²) in [5.41, 5.74) is 5.24. The Kier molecular flexibility index (Phi) is 1.50. The highest BCUT2D eigenvalue weighted by Crippen LogP contribution is 2.03. The lowest BCUT2D eigenvalue weighted by molar-refractivity contribution is -0.115. The third kappa shape index (κ3) is 0.890. The maximum Gasteiger partial charge on any atom is 0.181 e. The van der Waals surface area contributed by atoms with Gasteiger partial charge in [0.1, 0.15) is 5.84 Å². The largest absolute Gasteiger partial charge is 0.386 e. The van der Waals surface area contributed by atoms with E-state index in [0.717, 1.165) is 0 Å². The number of ketones is 1. The Balaban J connectivity index is 2.95. The van der Waals surface area contributed by atoms with Gasteiger partial charge in [-0.25, -0.2) is 4.99 Å². The lowest BCUT2D eigenvalue weighted by atomic mass is 10.0. The van der Waals surface area contributed by atoms with Crippen molar-refractivity contribution in [2.24, 2.45) is 16.6 Å². The summed E-state index contributed by atoms with van der Waals surface area (Å²) in [6.45, 7) is 0. The first-order valence-electron chi connectivity index (χ1n) is 2.69. The van der Waals surface area contributed by atoms with Crippen LogP contribution < -0.4 is 5.73 Å². The molecule has 0 bridgehead atoms. The summed E-state index contributed by atoms with van der Waals surface area (Å²) in [5.74, 6) is -1.09. The second-order valence-corrected chi connectivity index (χ2v) is 1.83. The van der Waals surface area contributed by atoms with Crippen LogP contribution in [0.1, 0.15) is 0 Å². The predicted octanol–water partition coefficient (Wildman–Crippen LogP) is -0.420. The molecule has 0 aromatic rings. The van der Waals surface area contributed by atoms with Crippen LogP contribution in [0.3, 0.4) is 0 Å². The summed E-state index contributed by atoms with van der Waals surface area (Å²) in [6.07, 6.45) is 2.54. The number of carbonyl (C=O) groups is 1. The van der Waals surface area contributed by atoms with E-state index in [9.17, 15) is 4.79 Å². The number of amidine groups is 1. The van der Waals surface area contributed by atoms with Crippen molar-refractivity contribution in [2.75, 3.05) is 0 Å². The van der Waals surface area contributed by atoms with Crippen LogP contribution in [-0.2, 0) is 4.79 Å². The van der Waals surface area contributed by atoms with E-state index in [1.165, 1.54) is 12.3 Å². The number of nitrogens with zero attached hydrogens (tertiary/aromatic N) is 2. The summed E-state index contributed by atoms with van der Waals surface area (Å²) in [4.78, 5) is 14.4. The molecular formula is C6H5N3O. The van der Waals surface area contributed by atoms with E-state index in [-0.39, 0.29) is 11.6 Å². The van der Waals surface area contributed by atoms with Crippen molar-refractivity contribution in [3.8, 4) is 6.07 Å². The fourth-order valence-electron chi connectivity index (χ4n) is 0.643. The topological polar surface area (TPSA) is 79.2 Å². The summed E-state index contributed by atoms with van der Waals surface area (Å²) in [6, 6.07) is 1.75. The third-order valence-electron chi connectivity index (χ3n) is 1.17. The average Bonchev–Trinajstić information content (AvgIpc) is 1.88. The summed E-state index contributed by atoms with van der Waals surface area (Å²) in [5, 5.41) is 8.37. The van der Waals surface area contributed by atoms with Crippen molar-refractivity contribution in [2.45, 2.75) is 0 Å². The highest BCUT2D eigenvalue weighted by Gasteiger charge is 2.21. The molecule has 1 aliphatic rings. The van der Waals surface area contributed by atoms with Gasteiger partial charge in [-0.05, 0) is 0 Å². The van der Waals surface area contributed by atoms with Crippen molar-refractivity contribution < 1.29 is 4.79 Å². The number of hydrogen-bond donors (Lipinski definition) is 1. The van der Waals surface area contributed by atoms with Crippen LogP contribution in [-0.4, -0.2) is 11.6 Å². The van der Waals surface area contributed by atoms with Crippen LogP contribution >= 0.6 is 0 Å². The smallest absolute Gasteiger partial charge is 0.181 e. The molecule has 4 nitrogen and oxygen atoms in total. The summed E-state index contributed by atoms with van der Waals surface area (Å²) < 4.78 is 0. The molecule has 2 N–H and O–H groups in total. The minimum absolute atomic E-state index is 0.0787. The van der Waals surface area contributed by atoms with E-state index < -0.39 is 5.92 Å². The first-order chi connectivity index (χ1) is 4.75. The zero-order valence-corrected chi connectivity index (χ0v) is 5.11. The maximum absolute atomic E-state index is 10.8. The first-order valence-corrected chi connectivity index (χ1v) is 2.69. The number of rotatable bonds is 0. The lowest BCUT2D eigenvalue weighted by Gasteiger charge is -2.05. The second-order valence-electron chi connectivity index (χ2n) is 1.83. The van der Waals surface area contributed by atoms with Gasteiger partial charge in [-0.3, -0.25) is 4.79 Å². The van der Waals surface area contributed by atoms with Gasteiger partial charge in [0.05, 0.1) is 6.07 Å². The van der Waals surface area contributed by atoms with Gasteiger partial charge in [-0.2, -0.15) is 5.26 Å². The molecule has 0 spiro atoms. The fraction of sp³-hybridized carbons (Fsp3) is 0.167. The van der Waals surface area contributed by atoms with Gasteiger partial charge in [0, 0.05) is 12.3 Å². The van der Waals surface area contributed by atoms with Gasteiger partial charge in [0.2, 0.25) is 0 Å². The molecule has 0 radical (unpaired) electrons. The zero-order chi connectivity index (χ0) is 7.56. The number of hydrogen-bond acceptors (Lipinski definition) is 4. The molecule has 0 amide bonds. The molecule has 1 unspecified atom stereocenters. The normalized spacial score (nSPS) is 23.7. The van der Waals surface area contributed by atoms with Crippen molar-refractivity contribution >= 4 is 11.6 Å². The van der Waals surface area contributed by atoms with Gasteiger partial charge in [-0.1, -0.05) is 0 Å². The molecule has 50 valence electrons. The Hall–Kier alpha value is -1.63. The number of nitriles is 1. The molecule has 0 aromatic heterocycles. The molecule has 0 saturated carbocycles. The highest BCUT2D eigenvalue weighted by molar-refractivity contribution is 6.12. The highest BCUT2D eigenvalue weighted by atomic mass is 16.1. The van der Waals surface area contributed by atoms with Crippen LogP contribution in [0.15, 0.2) is 17.3 Å². The molecule has 0 saturated heterocycles. The lowest BCUT2D eigenvalue weighted by Crippen LogP contribution is -2.30. The van der Waals surface area contributed by atoms with Crippen LogP contribution in [0.5, 0.6) is 0 Å². The van der Waals surface area contributed by atoms with Crippen molar-refractivity contribution in [3.05, 3.63) is 12.3 Å². The Bertz CT molecular complexity index is 259. The summed E-state index contributed by atoms with van der Waals surface area (Å²) in [7, 11) is 0. The standard InChI is InChI=1S/C6H5N3O/c7-3-4-5(10)1-2-9-6(4)8/h1-2,4H,(H2,8,9). The van der Waals surface area contributed by atoms with Gasteiger partial charge in [-0.15, -0.1) is 0 Å². The molecule has 10 heavy (non-hydrogen) atoms. The van der Waals surface area contributed by atoms with E-state index >= 15 is 0 Å². The molecule has 1 atom stereocenters. The minimum Gasteiger partial charge on any atom is -0.386 e. The molecule has 0 aliphatic carbocycles. The maximum atomic E-state index is 10.8. The predicted molar refractivity (Wildman–Crippen MR) is 34.9 cm³/mol. The Morgan fingerprint density at radius 2 is 2.50 bits per heavy atom. The van der Waals surface area contributed by atoms with E-state index in [4.69, 9.17) is 11.0 Å². The average molecular weight is 135 g/mol. The summed E-state index contributed by atoms with van der Waals surface area (Å²) >= 11 is 0. The van der Waals surface area contributed by atoms with Crippen LogP contribution in [0.4, 0.5) is 0 Å². The molecule has 1 rings (SSSR count). The Morgan fingerprint density at radius 3 is 2.90 bits per heavy atom. The van der Waals surface area contributed by atoms with Crippen LogP contribution in [0.2, 0.25) is 0 Å². The van der Waals surface area contributed by atoms with E-state index in [1.54, 1.807) is 6.07 Å². The van der Waals surface area contributed by atoms with Crippen molar-refractivity contribution in [3.63, 3.8) is 0 Å². The molecule has 0 fully saturated rings. The second kappa shape index (κ2) is 2.31. The van der Waals surface area contributed by atoms with E-state index in [1.807, 2.05) is 0 Å². The Labute approximate surface area is 57.7 Å². The molecule has 4 heteroatoms. The van der Waals surface area contributed by atoms with Gasteiger partial charge in [0.25, 0.3) is 0 Å². The zero-order valence-electron chi connectivity index (χ0n) is 5.11. The van der Waals surface area contributed by atoms with Crippen molar-refractivity contribution in [1.82, 2.24) is 0 Å². The number of nitrogens with two attached hydrogens (primary N) is 1. The minimum atomic E-state index is -0.870. The third-order valence-corrected chi connectivity index (χ3v) is 1.17. The molecule has 0 aromatic carbocycles. The number of allylic oxidation sites excluding steroid dienone is 1. The monoisotopic (exact) mass is 135 g/mol. The van der Waals surface area contributed by atoms with Gasteiger partial charge >= 0.3 is 0 Å². The number of carbonyl (C=O) groups excluding carboxylic acids is 1. The molecular weight excluding hydrogens is 130 g/mol. The quantitative estimate of drug-likeness (QED) is 0.489. The van der Waals surface area contributed by atoms with Crippen LogP contribution in [0.25, 0.3) is 0 Å². The number of aliphatic imine (C=N–C) groups is 1. The van der Waals surface area contributed by atoms with E-state index in [0.29, 0.717) is 0 Å². The molecule has 1 aliphatic heterocycles. The van der Waals surface area contributed by atoms with Crippen molar-refractivity contribution in [1.29, 1.82) is 5.26 Å². The van der Waals surface area contributed by atoms with Crippen LogP contribution in [0, 0.1) is 17.2 Å². The van der Waals surface area contributed by atoms with Gasteiger partial charge in [0.15, 0.2) is 11.7 Å².